The van der Waals surface area contributed by atoms with Crippen molar-refractivity contribution in [2.24, 2.45) is 4.99 Å². The highest BCUT2D eigenvalue weighted by molar-refractivity contribution is 7.88. The Kier molecular flexibility index (Phi) is 6.29. The van der Waals surface area contributed by atoms with E-state index < -0.39 is 15.6 Å². The Labute approximate surface area is 151 Å². The van der Waals surface area contributed by atoms with E-state index in [9.17, 15) is 8.42 Å². The zero-order chi connectivity index (χ0) is 18.5. The fraction of sp³-hybridized carbons (Fsp3) is 0.588. The van der Waals surface area contributed by atoms with Gasteiger partial charge in [0.15, 0.2) is 5.96 Å². The van der Waals surface area contributed by atoms with Crippen molar-refractivity contribution in [3.05, 3.63) is 30.3 Å². The number of benzene rings is 1. The summed E-state index contributed by atoms with van der Waals surface area (Å²) < 4.78 is 25.5. The monoisotopic (exact) mass is 367 g/mol. The lowest BCUT2D eigenvalue weighted by Crippen LogP contribution is -2.56. The van der Waals surface area contributed by atoms with Crippen LogP contribution in [0, 0.1) is 0 Å². The van der Waals surface area contributed by atoms with Crippen molar-refractivity contribution < 1.29 is 8.42 Å². The van der Waals surface area contributed by atoms with Crippen LogP contribution in [0.15, 0.2) is 35.3 Å². The molecule has 25 heavy (non-hydrogen) atoms. The summed E-state index contributed by atoms with van der Waals surface area (Å²) in [6, 6.07) is 10.4. The predicted molar refractivity (Wildman–Crippen MR) is 104 cm³/mol. The van der Waals surface area contributed by atoms with Gasteiger partial charge in [-0.1, -0.05) is 18.2 Å². The van der Waals surface area contributed by atoms with Gasteiger partial charge in [-0.05, 0) is 26.0 Å². The second-order valence-corrected chi connectivity index (χ2v) is 8.72. The fourth-order valence-electron chi connectivity index (χ4n) is 2.99. The van der Waals surface area contributed by atoms with Crippen LogP contribution in [0.5, 0.6) is 0 Å². The molecule has 0 unspecified atom stereocenters. The maximum atomic E-state index is 11.4. The third kappa shape index (κ3) is 6.21. The SMILES string of the molecule is CN=C(NCC(C)(C)NS(C)(=O)=O)N1CCN(c2ccccc2)CC1. The zero-order valence-electron chi connectivity index (χ0n) is 15.5. The van der Waals surface area contributed by atoms with Crippen molar-refractivity contribution in [3.8, 4) is 0 Å². The molecular weight excluding hydrogens is 338 g/mol. The fourth-order valence-corrected chi connectivity index (χ4v) is 4.06. The number of nitrogens with one attached hydrogen (secondary N) is 2. The highest BCUT2D eigenvalue weighted by Crippen LogP contribution is 2.15. The Balaban J connectivity index is 1.88. The first-order chi connectivity index (χ1) is 11.7. The van der Waals surface area contributed by atoms with E-state index in [1.165, 1.54) is 11.9 Å². The molecule has 0 saturated carbocycles. The lowest BCUT2D eigenvalue weighted by Gasteiger charge is -2.38. The number of piperazine rings is 1. The van der Waals surface area contributed by atoms with E-state index in [4.69, 9.17) is 0 Å². The molecule has 1 heterocycles. The van der Waals surface area contributed by atoms with Crippen molar-refractivity contribution in [2.45, 2.75) is 19.4 Å². The van der Waals surface area contributed by atoms with Gasteiger partial charge in [0, 0.05) is 51.0 Å². The summed E-state index contributed by atoms with van der Waals surface area (Å²) in [5.41, 5.74) is 0.652. The molecule has 0 bridgehead atoms. The molecule has 2 rings (SSSR count). The summed E-state index contributed by atoms with van der Waals surface area (Å²) in [6.45, 7) is 7.75. The predicted octanol–water partition coefficient (Wildman–Crippen LogP) is 0.712. The molecule has 1 fully saturated rings. The van der Waals surface area contributed by atoms with Crippen molar-refractivity contribution in [1.29, 1.82) is 0 Å². The van der Waals surface area contributed by atoms with Gasteiger partial charge in [0.25, 0.3) is 0 Å². The Morgan fingerprint density at radius 3 is 2.28 bits per heavy atom. The van der Waals surface area contributed by atoms with Crippen LogP contribution < -0.4 is 14.9 Å². The second kappa shape index (κ2) is 8.05. The Morgan fingerprint density at radius 2 is 1.76 bits per heavy atom. The van der Waals surface area contributed by atoms with Crippen LogP contribution in [0.4, 0.5) is 5.69 Å². The van der Waals surface area contributed by atoms with E-state index in [1.807, 2.05) is 19.9 Å². The maximum Gasteiger partial charge on any atom is 0.209 e. The van der Waals surface area contributed by atoms with Crippen LogP contribution in [0.25, 0.3) is 0 Å². The van der Waals surface area contributed by atoms with Crippen LogP contribution >= 0.6 is 0 Å². The number of hydrogen-bond donors (Lipinski definition) is 2. The zero-order valence-corrected chi connectivity index (χ0v) is 16.3. The molecule has 140 valence electrons. The minimum Gasteiger partial charge on any atom is -0.368 e. The maximum absolute atomic E-state index is 11.4. The van der Waals surface area contributed by atoms with E-state index in [-0.39, 0.29) is 0 Å². The van der Waals surface area contributed by atoms with Gasteiger partial charge in [-0.25, -0.2) is 13.1 Å². The van der Waals surface area contributed by atoms with Gasteiger partial charge in [-0.3, -0.25) is 4.99 Å². The van der Waals surface area contributed by atoms with E-state index in [0.717, 1.165) is 32.1 Å². The number of sulfonamides is 1. The van der Waals surface area contributed by atoms with Crippen molar-refractivity contribution >= 4 is 21.7 Å². The van der Waals surface area contributed by atoms with Crippen LogP contribution in [0.1, 0.15) is 13.8 Å². The first kappa shape index (κ1) is 19.5. The molecule has 0 spiro atoms. The number of nitrogens with zero attached hydrogens (tertiary/aromatic N) is 3. The Bertz CT molecular complexity index is 680. The minimum atomic E-state index is -3.25. The Morgan fingerprint density at radius 1 is 1.16 bits per heavy atom. The lowest BCUT2D eigenvalue weighted by molar-refractivity contribution is 0.363. The number of aliphatic imine (C=N–C) groups is 1. The first-order valence-electron chi connectivity index (χ1n) is 8.45. The molecule has 0 atom stereocenters. The van der Waals surface area contributed by atoms with E-state index in [0.29, 0.717) is 6.54 Å². The number of para-hydroxylation sites is 1. The number of rotatable bonds is 5. The standard InChI is InChI=1S/C17H29N5O2S/c1-17(2,20-25(4,23)24)14-19-16(18-3)22-12-10-21(11-13-22)15-8-6-5-7-9-15/h5-9,20H,10-14H2,1-4H3,(H,18,19). The van der Waals surface area contributed by atoms with Crippen LogP contribution in [-0.2, 0) is 10.0 Å². The molecular formula is C17H29N5O2S. The van der Waals surface area contributed by atoms with Crippen LogP contribution in [0.2, 0.25) is 0 Å². The molecule has 1 aliphatic rings. The normalized spacial score (nSPS) is 16.9. The highest BCUT2D eigenvalue weighted by atomic mass is 32.2. The van der Waals surface area contributed by atoms with E-state index >= 15 is 0 Å². The van der Waals surface area contributed by atoms with Gasteiger partial charge in [0.1, 0.15) is 0 Å². The number of guanidine groups is 1. The second-order valence-electron chi connectivity index (χ2n) is 6.97. The summed E-state index contributed by atoms with van der Waals surface area (Å²) in [5, 5.41) is 3.29. The number of hydrogen-bond acceptors (Lipinski definition) is 4. The van der Waals surface area contributed by atoms with Gasteiger partial charge >= 0.3 is 0 Å². The van der Waals surface area contributed by atoms with Crippen molar-refractivity contribution in [2.75, 3.05) is 50.9 Å². The summed E-state index contributed by atoms with van der Waals surface area (Å²) in [5.74, 6) is 0.802. The van der Waals surface area contributed by atoms with Crippen molar-refractivity contribution in [3.63, 3.8) is 0 Å². The summed E-state index contributed by atoms with van der Waals surface area (Å²) in [7, 11) is -1.50. The molecule has 0 amide bonds. The average molecular weight is 368 g/mol. The first-order valence-corrected chi connectivity index (χ1v) is 10.3. The number of anilines is 1. The minimum absolute atomic E-state index is 0.464. The third-order valence-electron chi connectivity index (χ3n) is 4.06. The topological polar surface area (TPSA) is 77.0 Å². The molecule has 0 radical (unpaired) electrons. The van der Waals surface area contributed by atoms with Gasteiger partial charge in [-0.2, -0.15) is 0 Å². The molecule has 1 saturated heterocycles. The van der Waals surface area contributed by atoms with E-state index in [1.54, 1.807) is 7.05 Å². The lowest BCUT2D eigenvalue weighted by atomic mass is 10.1. The van der Waals surface area contributed by atoms with Crippen LogP contribution in [-0.4, -0.2) is 70.8 Å². The quantitative estimate of drug-likeness (QED) is 0.592. The molecule has 0 aromatic heterocycles. The highest BCUT2D eigenvalue weighted by Gasteiger charge is 2.25. The molecule has 7 nitrogen and oxygen atoms in total. The molecule has 8 heteroatoms. The molecule has 2 N–H and O–H groups in total. The smallest absolute Gasteiger partial charge is 0.209 e. The third-order valence-corrected chi connectivity index (χ3v) is 4.99. The van der Waals surface area contributed by atoms with Gasteiger partial charge < -0.3 is 15.1 Å². The summed E-state index contributed by atoms with van der Waals surface area (Å²) in [4.78, 5) is 8.91. The van der Waals surface area contributed by atoms with Gasteiger partial charge in [-0.15, -0.1) is 0 Å². The molecule has 0 aliphatic carbocycles. The summed E-state index contributed by atoms with van der Waals surface area (Å²) in [6.07, 6.45) is 1.17. The Hall–Kier alpha value is -1.80. The largest absolute Gasteiger partial charge is 0.368 e. The average Bonchev–Trinajstić information content (AvgIpc) is 2.54. The molecule has 1 aliphatic heterocycles. The molecule has 1 aromatic carbocycles. The molecule has 1 aromatic rings. The van der Waals surface area contributed by atoms with Crippen molar-refractivity contribution in [1.82, 2.24) is 14.9 Å². The summed E-state index contributed by atoms with van der Waals surface area (Å²) >= 11 is 0. The van der Waals surface area contributed by atoms with E-state index in [2.05, 4.69) is 49.1 Å². The van der Waals surface area contributed by atoms with Gasteiger partial charge in [0.2, 0.25) is 10.0 Å². The van der Waals surface area contributed by atoms with Crippen LogP contribution in [0.3, 0.4) is 0 Å². The van der Waals surface area contributed by atoms with Gasteiger partial charge in [0.05, 0.1) is 6.26 Å².